The van der Waals surface area contributed by atoms with Gasteiger partial charge in [-0.15, -0.1) is 0 Å². The number of aromatic nitrogens is 1. The van der Waals surface area contributed by atoms with Crippen molar-refractivity contribution < 1.29 is 22.3 Å². The maximum atomic E-state index is 14.0. The summed E-state index contributed by atoms with van der Waals surface area (Å²) in [6, 6.07) is 22.7. The lowest BCUT2D eigenvalue weighted by Gasteiger charge is -2.34. The number of fused-ring (bicyclic) bond motifs is 1. The molecular formula is C29H29N3O5S. The quantitative estimate of drug-likeness (QED) is 0.358. The predicted octanol–water partition coefficient (Wildman–Crippen LogP) is 4.58. The van der Waals surface area contributed by atoms with Gasteiger partial charge in [-0.05, 0) is 36.2 Å². The first-order valence-corrected chi connectivity index (χ1v) is 14.2. The van der Waals surface area contributed by atoms with Crippen LogP contribution in [0.4, 0.5) is 5.88 Å². The van der Waals surface area contributed by atoms with Crippen LogP contribution in [0.1, 0.15) is 11.1 Å². The Labute approximate surface area is 222 Å². The Morgan fingerprint density at radius 3 is 2.32 bits per heavy atom. The third kappa shape index (κ3) is 4.75. The third-order valence-electron chi connectivity index (χ3n) is 6.94. The van der Waals surface area contributed by atoms with E-state index < -0.39 is 9.84 Å². The van der Waals surface area contributed by atoms with Gasteiger partial charge in [0.05, 0.1) is 4.90 Å². The molecule has 38 heavy (non-hydrogen) atoms. The Morgan fingerprint density at radius 2 is 1.55 bits per heavy atom. The number of benzene rings is 3. The molecule has 3 aromatic carbocycles. The van der Waals surface area contributed by atoms with Crippen molar-refractivity contribution in [2.75, 3.05) is 44.3 Å². The van der Waals surface area contributed by atoms with E-state index in [2.05, 4.69) is 22.0 Å². The largest absolute Gasteiger partial charge is 0.486 e. The molecule has 3 heterocycles. The summed E-state index contributed by atoms with van der Waals surface area (Å²) in [5.74, 6) is 1.51. The molecule has 0 atom stereocenters. The van der Waals surface area contributed by atoms with Crippen molar-refractivity contribution in [3.8, 4) is 23.0 Å². The number of sulfone groups is 1. The van der Waals surface area contributed by atoms with E-state index in [1.807, 2.05) is 54.3 Å². The summed E-state index contributed by atoms with van der Waals surface area (Å²) >= 11 is 0. The van der Waals surface area contributed by atoms with Gasteiger partial charge >= 0.3 is 0 Å². The van der Waals surface area contributed by atoms with Crippen LogP contribution in [-0.2, 0) is 16.4 Å². The van der Waals surface area contributed by atoms with Crippen molar-refractivity contribution in [3.05, 3.63) is 83.9 Å². The molecule has 8 nitrogen and oxygen atoms in total. The zero-order valence-corrected chi connectivity index (χ0v) is 22.0. The number of nitrogens with zero attached hydrogens (tertiary/aromatic N) is 3. The molecule has 0 spiro atoms. The minimum absolute atomic E-state index is 0.0797. The topological polar surface area (TPSA) is 85.1 Å². The number of anilines is 1. The Balaban J connectivity index is 1.34. The lowest BCUT2D eigenvalue weighted by atomic mass is 10.1. The first-order valence-electron chi connectivity index (χ1n) is 12.7. The lowest BCUT2D eigenvalue weighted by molar-refractivity contribution is 0.171. The van der Waals surface area contributed by atoms with Crippen LogP contribution in [0.15, 0.2) is 87.1 Å². The second-order valence-corrected chi connectivity index (χ2v) is 11.4. The predicted molar refractivity (Wildman–Crippen MR) is 143 cm³/mol. The van der Waals surface area contributed by atoms with Crippen molar-refractivity contribution in [2.24, 2.45) is 0 Å². The second kappa shape index (κ2) is 10.2. The molecule has 0 N–H and O–H groups in total. The molecule has 1 saturated heterocycles. The molecular weight excluding hydrogens is 502 g/mol. The molecule has 0 amide bonds. The molecule has 0 aliphatic carbocycles. The molecule has 0 unspecified atom stereocenters. The monoisotopic (exact) mass is 531 g/mol. The van der Waals surface area contributed by atoms with Crippen LogP contribution < -0.4 is 14.4 Å². The average Bonchev–Trinajstić information content (AvgIpc) is 3.40. The number of ether oxygens (including phenoxy) is 2. The third-order valence-corrected chi connectivity index (χ3v) is 8.59. The van der Waals surface area contributed by atoms with E-state index in [9.17, 15) is 8.42 Å². The van der Waals surface area contributed by atoms with Crippen LogP contribution >= 0.6 is 0 Å². The van der Waals surface area contributed by atoms with E-state index in [0.717, 1.165) is 30.8 Å². The summed E-state index contributed by atoms with van der Waals surface area (Å²) in [6.45, 7) is 6.41. The highest BCUT2D eigenvalue weighted by Gasteiger charge is 2.34. The molecule has 1 fully saturated rings. The number of aryl methyl sites for hydroxylation is 1. The normalized spacial score (nSPS) is 16.0. The van der Waals surface area contributed by atoms with Crippen molar-refractivity contribution in [2.45, 2.75) is 23.4 Å². The van der Waals surface area contributed by atoms with Gasteiger partial charge in [0, 0.05) is 44.4 Å². The SMILES string of the molecule is Cc1ccccc1-c1nc(S(=O)(=O)c2ccc3c(c2)OCCO3)c(N2CCN(Cc3ccccc3)CC2)o1. The molecule has 0 radical (unpaired) electrons. The van der Waals surface area contributed by atoms with Gasteiger partial charge in [0.25, 0.3) is 0 Å². The fourth-order valence-electron chi connectivity index (χ4n) is 4.85. The molecule has 6 rings (SSSR count). The molecule has 2 aliphatic heterocycles. The highest BCUT2D eigenvalue weighted by Crippen LogP contribution is 2.39. The maximum Gasteiger partial charge on any atom is 0.236 e. The number of hydrogen-bond acceptors (Lipinski definition) is 8. The maximum absolute atomic E-state index is 14.0. The van der Waals surface area contributed by atoms with Gasteiger partial charge in [-0.2, -0.15) is 4.98 Å². The fraction of sp³-hybridized carbons (Fsp3) is 0.276. The van der Waals surface area contributed by atoms with E-state index in [1.54, 1.807) is 6.07 Å². The number of hydrogen-bond donors (Lipinski definition) is 0. The van der Waals surface area contributed by atoms with Crippen molar-refractivity contribution in [3.63, 3.8) is 0 Å². The first kappa shape index (κ1) is 24.5. The van der Waals surface area contributed by atoms with Crippen LogP contribution in [0, 0.1) is 6.92 Å². The standard InChI is InChI=1S/C29H29N3O5S/c1-21-7-5-6-10-24(21)27-30-28(38(33,34)23-11-12-25-26(19-23)36-18-17-35-25)29(37-27)32-15-13-31(14-16-32)20-22-8-3-2-4-9-22/h2-12,19H,13-18,20H2,1H3. The minimum Gasteiger partial charge on any atom is -0.486 e. The Kier molecular flexibility index (Phi) is 6.55. The Morgan fingerprint density at radius 1 is 0.842 bits per heavy atom. The summed E-state index contributed by atoms with van der Waals surface area (Å²) in [5, 5.41) is -0.0797. The number of piperazine rings is 1. The van der Waals surface area contributed by atoms with Crippen LogP contribution in [0.3, 0.4) is 0 Å². The van der Waals surface area contributed by atoms with Gasteiger partial charge in [-0.1, -0.05) is 48.5 Å². The van der Waals surface area contributed by atoms with Gasteiger partial charge in [0.1, 0.15) is 13.2 Å². The van der Waals surface area contributed by atoms with Gasteiger partial charge in [0.2, 0.25) is 26.6 Å². The first-order chi connectivity index (χ1) is 18.5. The van der Waals surface area contributed by atoms with Gasteiger partial charge in [-0.25, -0.2) is 8.42 Å². The zero-order chi connectivity index (χ0) is 26.1. The summed E-state index contributed by atoms with van der Waals surface area (Å²) in [4.78, 5) is 9.02. The van der Waals surface area contributed by atoms with E-state index >= 15 is 0 Å². The van der Waals surface area contributed by atoms with Crippen molar-refractivity contribution in [1.29, 1.82) is 0 Å². The number of oxazole rings is 1. The molecule has 2 aliphatic rings. The van der Waals surface area contributed by atoms with E-state index in [-0.39, 0.29) is 15.8 Å². The Hall–Kier alpha value is -3.82. The van der Waals surface area contributed by atoms with E-state index in [1.165, 1.54) is 17.7 Å². The van der Waals surface area contributed by atoms with Crippen LogP contribution in [0.5, 0.6) is 11.5 Å². The average molecular weight is 532 g/mol. The van der Waals surface area contributed by atoms with Crippen LogP contribution in [0.2, 0.25) is 0 Å². The van der Waals surface area contributed by atoms with Crippen LogP contribution in [0.25, 0.3) is 11.5 Å². The van der Waals surface area contributed by atoms with Gasteiger partial charge in [-0.3, -0.25) is 4.90 Å². The number of rotatable bonds is 6. The molecule has 9 heteroatoms. The van der Waals surface area contributed by atoms with Crippen molar-refractivity contribution >= 4 is 15.7 Å². The summed E-state index contributed by atoms with van der Waals surface area (Å²) in [7, 11) is -4.01. The molecule has 196 valence electrons. The molecule has 0 bridgehead atoms. The smallest absolute Gasteiger partial charge is 0.236 e. The lowest BCUT2D eigenvalue weighted by Crippen LogP contribution is -2.46. The molecule has 4 aromatic rings. The highest BCUT2D eigenvalue weighted by atomic mass is 32.2. The summed E-state index contributed by atoms with van der Waals surface area (Å²) in [6.07, 6.45) is 0. The van der Waals surface area contributed by atoms with Crippen molar-refractivity contribution in [1.82, 2.24) is 9.88 Å². The second-order valence-electron chi connectivity index (χ2n) is 9.50. The van der Waals surface area contributed by atoms with Gasteiger partial charge in [0.15, 0.2) is 11.5 Å². The Bertz CT molecular complexity index is 1540. The van der Waals surface area contributed by atoms with E-state index in [0.29, 0.717) is 43.7 Å². The highest BCUT2D eigenvalue weighted by molar-refractivity contribution is 7.91. The fourth-order valence-corrected chi connectivity index (χ4v) is 6.19. The van der Waals surface area contributed by atoms with Gasteiger partial charge < -0.3 is 18.8 Å². The molecule has 1 aromatic heterocycles. The van der Waals surface area contributed by atoms with E-state index in [4.69, 9.17) is 13.9 Å². The zero-order valence-electron chi connectivity index (χ0n) is 21.2. The minimum atomic E-state index is -4.01. The molecule has 0 saturated carbocycles. The summed E-state index contributed by atoms with van der Waals surface area (Å²) < 4.78 is 45.4. The summed E-state index contributed by atoms with van der Waals surface area (Å²) in [5.41, 5.74) is 2.97. The van der Waals surface area contributed by atoms with Crippen LogP contribution in [-0.4, -0.2) is 57.7 Å².